The van der Waals surface area contributed by atoms with Gasteiger partial charge in [-0.1, -0.05) is 6.07 Å². The van der Waals surface area contributed by atoms with Gasteiger partial charge in [-0.2, -0.15) is 0 Å². The fourth-order valence-corrected chi connectivity index (χ4v) is 3.46. The Hall–Kier alpha value is -3.81. The van der Waals surface area contributed by atoms with Crippen molar-refractivity contribution in [3.05, 3.63) is 60.2 Å². The van der Waals surface area contributed by atoms with Crippen LogP contribution in [-0.4, -0.2) is 43.6 Å². The van der Waals surface area contributed by atoms with Crippen LogP contribution in [0.15, 0.2) is 48.8 Å². The minimum atomic E-state index is -1.90. The first-order chi connectivity index (χ1) is 16.5. The lowest BCUT2D eigenvalue weighted by atomic mass is 10.1. The van der Waals surface area contributed by atoms with Gasteiger partial charge in [-0.05, 0) is 50.1 Å². The van der Waals surface area contributed by atoms with Crippen molar-refractivity contribution in [2.24, 2.45) is 7.05 Å². The van der Waals surface area contributed by atoms with Crippen LogP contribution in [0.2, 0.25) is 0 Å². The van der Waals surface area contributed by atoms with E-state index in [1.54, 1.807) is 12.3 Å². The molecule has 4 aromatic rings. The highest BCUT2D eigenvalue weighted by atomic mass is 16.1. The Morgan fingerprint density at radius 3 is 2.71 bits per heavy atom. The molecule has 0 aliphatic carbocycles. The number of aryl methyl sites for hydroxylation is 1. The molecule has 1 saturated heterocycles. The van der Waals surface area contributed by atoms with Crippen molar-refractivity contribution in [2.45, 2.75) is 19.8 Å². The first-order valence-corrected chi connectivity index (χ1v) is 9.89. The molecule has 1 aliphatic heterocycles. The Balaban J connectivity index is 1.42. The number of carbonyl (C=O) groups excluding carboxylic acids is 1. The first-order valence-electron chi connectivity index (χ1n) is 11.9. The fourth-order valence-electron chi connectivity index (χ4n) is 3.46. The van der Waals surface area contributed by atoms with Crippen LogP contribution in [-0.2, 0) is 7.05 Å². The van der Waals surface area contributed by atoms with E-state index in [0.29, 0.717) is 5.52 Å². The molecule has 0 unspecified atom stereocenters. The molecule has 0 spiro atoms. The molecule has 0 saturated carbocycles. The van der Waals surface area contributed by atoms with Gasteiger partial charge in [-0.15, -0.1) is 10.2 Å². The quantitative estimate of drug-likeness (QED) is 0.546. The van der Waals surface area contributed by atoms with Crippen LogP contribution in [0.1, 0.15) is 34.5 Å². The largest absolute Gasteiger partial charge is 0.357 e. The van der Waals surface area contributed by atoms with Crippen molar-refractivity contribution < 1.29 is 10.3 Å². The lowest BCUT2D eigenvalue weighted by molar-refractivity contribution is 0.102. The Morgan fingerprint density at radius 2 is 1.94 bits per heavy atom. The lowest BCUT2D eigenvalue weighted by Crippen LogP contribution is -2.20. The Bertz CT molecular complexity index is 1440. The highest BCUT2D eigenvalue weighted by Gasteiger charge is 2.16. The van der Waals surface area contributed by atoms with E-state index in [1.807, 2.05) is 36.7 Å². The number of anilines is 2. The third kappa shape index (κ3) is 3.72. The molecule has 1 amide bonds. The van der Waals surface area contributed by atoms with E-state index in [2.05, 4.69) is 25.5 Å². The van der Waals surface area contributed by atoms with Crippen molar-refractivity contribution in [1.82, 2.24) is 24.7 Å². The fraction of sp³-hybridized carbons (Fsp3) is 0.261. The van der Waals surface area contributed by atoms with Crippen molar-refractivity contribution >= 4 is 28.4 Å². The van der Waals surface area contributed by atoms with E-state index in [0.717, 1.165) is 27.4 Å². The summed E-state index contributed by atoms with van der Waals surface area (Å²) < 4.78 is 34.6. The summed E-state index contributed by atoms with van der Waals surface area (Å²) in [6.07, 6.45) is 3.24. The van der Waals surface area contributed by atoms with Gasteiger partial charge in [0.2, 0.25) is 0 Å². The Kier molecular flexibility index (Phi) is 3.78. The standard InChI is InChI=1S/C23H23N7O/c1-15-25-14-20(29(15)2)16-5-6-19-18(11-16)12-21(28-27-19)26-23(31)17-7-8-24-22(13-17)30-9-3-4-10-30/h5-8,11-14H,3-4,9-10H2,1-2H3,(H,26,28,31)/i9D2,10D2. The maximum Gasteiger partial charge on any atom is 0.257 e. The molecule has 4 heterocycles. The number of hydrogen-bond acceptors (Lipinski definition) is 6. The zero-order valence-electron chi connectivity index (χ0n) is 21.1. The van der Waals surface area contributed by atoms with Crippen molar-refractivity contribution in [1.29, 1.82) is 0 Å². The van der Waals surface area contributed by atoms with Gasteiger partial charge in [0, 0.05) is 48.2 Å². The van der Waals surface area contributed by atoms with Crippen molar-refractivity contribution in [3.8, 4) is 11.3 Å². The highest BCUT2D eigenvalue weighted by molar-refractivity contribution is 6.04. The van der Waals surface area contributed by atoms with E-state index in [4.69, 9.17) is 5.48 Å². The number of nitrogens with one attached hydrogen (secondary N) is 1. The number of rotatable bonds is 4. The van der Waals surface area contributed by atoms with Crippen LogP contribution in [0.3, 0.4) is 0 Å². The molecule has 8 nitrogen and oxygen atoms in total. The average Bonchev–Trinajstić information content (AvgIpc) is 3.26. The molecule has 3 aromatic heterocycles. The molecule has 5 rings (SSSR count). The van der Waals surface area contributed by atoms with Gasteiger partial charge in [0.25, 0.3) is 5.91 Å². The van der Waals surface area contributed by atoms with Gasteiger partial charge in [0.15, 0.2) is 5.82 Å². The minimum Gasteiger partial charge on any atom is -0.357 e. The average molecular weight is 418 g/mol. The van der Waals surface area contributed by atoms with Gasteiger partial charge in [-0.3, -0.25) is 4.79 Å². The molecule has 1 aromatic carbocycles. The molecule has 1 fully saturated rings. The molecule has 1 N–H and O–H groups in total. The zero-order valence-corrected chi connectivity index (χ0v) is 17.1. The maximum absolute atomic E-state index is 13.0. The third-order valence-corrected chi connectivity index (χ3v) is 5.24. The monoisotopic (exact) mass is 417 g/mol. The predicted octanol–water partition coefficient (Wildman–Crippen LogP) is 3.59. The number of amides is 1. The number of aromatic nitrogens is 5. The number of carbonyl (C=O) groups is 1. The summed E-state index contributed by atoms with van der Waals surface area (Å²) in [4.78, 5) is 22.4. The predicted molar refractivity (Wildman–Crippen MR) is 120 cm³/mol. The molecular formula is C23H23N7O. The molecule has 0 bridgehead atoms. The highest BCUT2D eigenvalue weighted by Crippen LogP contribution is 2.25. The van der Waals surface area contributed by atoms with Gasteiger partial charge in [0.1, 0.15) is 11.6 Å². The molecule has 8 heteroatoms. The summed E-state index contributed by atoms with van der Waals surface area (Å²) >= 11 is 0. The zero-order chi connectivity index (χ0) is 25.0. The van der Waals surface area contributed by atoms with E-state index in [-0.39, 0.29) is 30.0 Å². The Labute approximate surface area is 185 Å². The summed E-state index contributed by atoms with van der Waals surface area (Å²) in [5.74, 6) is 0.727. The van der Waals surface area contributed by atoms with Crippen LogP contribution in [0.4, 0.5) is 11.6 Å². The van der Waals surface area contributed by atoms with E-state index in [9.17, 15) is 4.79 Å². The van der Waals surface area contributed by atoms with Gasteiger partial charge in [-0.25, -0.2) is 9.97 Å². The SMILES string of the molecule is [2H]C1([2H])CCC([2H])([2H])N1c1cc(C(=O)Nc2cc3cc(-c4cnc(C)n4C)ccc3nn2)ccn1. The molecule has 31 heavy (non-hydrogen) atoms. The second-order valence-corrected chi connectivity index (χ2v) is 7.26. The Morgan fingerprint density at radius 1 is 1.10 bits per heavy atom. The number of benzene rings is 1. The summed E-state index contributed by atoms with van der Waals surface area (Å²) in [6.45, 7) is -1.88. The van der Waals surface area contributed by atoms with Crippen LogP contribution in [0.25, 0.3) is 22.2 Å². The first kappa shape index (κ1) is 15.1. The van der Waals surface area contributed by atoms with Gasteiger partial charge in [0.05, 0.1) is 17.4 Å². The lowest BCUT2D eigenvalue weighted by Gasteiger charge is -2.16. The molecule has 0 atom stereocenters. The molecule has 0 radical (unpaired) electrons. The van der Waals surface area contributed by atoms with Crippen molar-refractivity contribution in [3.63, 3.8) is 0 Å². The topological polar surface area (TPSA) is 88.8 Å². The number of imidazole rings is 1. The number of pyridine rings is 1. The van der Waals surface area contributed by atoms with E-state index in [1.165, 1.54) is 18.3 Å². The summed E-state index contributed by atoms with van der Waals surface area (Å²) in [7, 11) is 1.94. The number of fused-ring (bicyclic) bond motifs is 1. The third-order valence-electron chi connectivity index (χ3n) is 5.24. The second-order valence-electron chi connectivity index (χ2n) is 7.26. The van der Waals surface area contributed by atoms with Gasteiger partial charge >= 0.3 is 0 Å². The van der Waals surface area contributed by atoms with Gasteiger partial charge < -0.3 is 14.8 Å². The number of nitrogens with zero attached hydrogens (tertiary/aromatic N) is 6. The molecule has 156 valence electrons. The summed E-state index contributed by atoms with van der Waals surface area (Å²) in [5.41, 5.74) is 2.79. The van der Waals surface area contributed by atoms with Crippen LogP contribution in [0, 0.1) is 6.92 Å². The maximum atomic E-state index is 13.0. The van der Waals surface area contributed by atoms with E-state index >= 15 is 0 Å². The smallest absolute Gasteiger partial charge is 0.257 e. The normalized spacial score (nSPS) is 18.8. The van der Waals surface area contributed by atoms with E-state index < -0.39 is 18.9 Å². The second kappa shape index (κ2) is 7.79. The molecular weight excluding hydrogens is 390 g/mol. The number of hydrogen-bond donors (Lipinski definition) is 1. The van der Waals surface area contributed by atoms with Crippen LogP contribution in [0.5, 0.6) is 0 Å². The minimum absolute atomic E-state index is 0.0329. The van der Waals surface area contributed by atoms with Crippen molar-refractivity contribution in [2.75, 3.05) is 23.2 Å². The van der Waals surface area contributed by atoms with Crippen LogP contribution >= 0.6 is 0 Å². The molecule has 1 aliphatic rings. The van der Waals surface area contributed by atoms with Crippen LogP contribution < -0.4 is 10.2 Å². The summed E-state index contributed by atoms with van der Waals surface area (Å²) in [5, 5.41) is 11.8. The summed E-state index contributed by atoms with van der Waals surface area (Å²) in [6, 6.07) is 10.4.